The normalized spacial score (nSPS) is 14.9. The van der Waals surface area contributed by atoms with Crippen LogP contribution in [0.1, 0.15) is 54.2 Å². The van der Waals surface area contributed by atoms with Crippen LogP contribution in [0, 0.1) is 0 Å². The third-order valence-electron chi connectivity index (χ3n) is 7.88. The lowest BCUT2D eigenvalue weighted by Crippen LogP contribution is -2.48. The molecular weight excluding hydrogens is 727 g/mol. The number of nitrogens with two attached hydrogens (primary N) is 2. The second kappa shape index (κ2) is 15.0. The van der Waals surface area contributed by atoms with E-state index in [1.807, 2.05) is 0 Å². The molecule has 0 saturated heterocycles. The largest absolute Gasteiger partial charge is 0.460 e. The van der Waals surface area contributed by atoms with Gasteiger partial charge in [-0.2, -0.15) is 21.9 Å². The molecule has 2 aliphatic heterocycles. The molecule has 5 rings (SSSR count). The molecule has 1 amide bonds. The van der Waals surface area contributed by atoms with Crippen molar-refractivity contribution in [3.63, 3.8) is 0 Å². The Kier molecular flexibility index (Phi) is 11.2. The lowest BCUT2D eigenvalue weighted by atomic mass is 9.75. The number of fused-ring (bicyclic) bond motifs is 6. The van der Waals surface area contributed by atoms with Gasteiger partial charge in [0.25, 0.3) is 26.1 Å². The van der Waals surface area contributed by atoms with Gasteiger partial charge in [-0.15, -0.1) is 0 Å². The van der Waals surface area contributed by atoms with Gasteiger partial charge in [-0.3, -0.25) is 23.5 Å². The van der Waals surface area contributed by atoms with Gasteiger partial charge in [-0.05, 0) is 51.1 Å². The summed E-state index contributed by atoms with van der Waals surface area (Å²) in [5.41, 5.74) is 8.75. The van der Waals surface area contributed by atoms with Gasteiger partial charge in [-0.25, -0.2) is 0 Å². The van der Waals surface area contributed by atoms with Gasteiger partial charge in [0.2, 0.25) is 0 Å². The monoisotopic (exact) mass is 765 g/mol. The summed E-state index contributed by atoms with van der Waals surface area (Å²) in [6, 6.07) is 11.3. The molecule has 0 aliphatic carbocycles. The summed E-state index contributed by atoms with van der Waals surface area (Å²) in [6.45, 7) is 6.03. The smallest absolute Gasteiger partial charge is 0.308 e. The van der Waals surface area contributed by atoms with Crippen LogP contribution >= 0.6 is 0 Å². The molecule has 3 aromatic rings. The molecule has 0 unspecified atom stereocenters. The molecule has 282 valence electrons. The Morgan fingerprint density at radius 3 is 1.73 bits per heavy atom. The predicted octanol–water partition coefficient (Wildman–Crippen LogP) is 2.91. The third-order valence-corrected chi connectivity index (χ3v) is 9.76. The minimum absolute atomic E-state index is 0.0574. The quantitative estimate of drug-likeness (QED) is 0.0751. The Morgan fingerprint density at radius 2 is 1.23 bits per heavy atom. The van der Waals surface area contributed by atoms with Crippen molar-refractivity contribution in [2.24, 2.45) is 0 Å². The van der Waals surface area contributed by atoms with E-state index in [1.54, 1.807) is 39.0 Å². The van der Waals surface area contributed by atoms with Crippen LogP contribution in [-0.2, 0) is 54.4 Å². The number of hydrogen-bond acceptors (Lipinski definition) is 14. The lowest BCUT2D eigenvalue weighted by molar-refractivity contribution is -0.171. The standard InChI is InChI=1S/C33H39N3O14S2/c1-32(2,3)50-26(37)12-13-45-14-15-46-16-17-47-18-19-48-36-31(38)20-6-4-5-7-21(20)33(36)22-8-10-24(34)29(51(39,40)41)27(22)49-28-23(33)9-11-25(35)30(28)52(42,43)44/h4-11H,12-19,34-35H2,1-3H3,(H,39,40,41)(H,42,43,44). The maximum absolute atomic E-state index is 14.1. The molecule has 0 bridgehead atoms. The van der Waals surface area contributed by atoms with E-state index in [0.29, 0.717) is 0 Å². The Balaban J connectivity index is 1.36. The molecule has 0 aromatic heterocycles. The fourth-order valence-electron chi connectivity index (χ4n) is 6.01. The number of carbonyl (C=O) groups excluding carboxylic acids is 2. The maximum Gasteiger partial charge on any atom is 0.308 e. The molecule has 0 atom stereocenters. The van der Waals surface area contributed by atoms with Gasteiger partial charge in [0.15, 0.2) is 26.8 Å². The van der Waals surface area contributed by atoms with Gasteiger partial charge in [0.1, 0.15) is 5.60 Å². The fourth-order valence-corrected chi connectivity index (χ4v) is 7.51. The van der Waals surface area contributed by atoms with Crippen molar-refractivity contribution in [1.82, 2.24) is 5.06 Å². The van der Waals surface area contributed by atoms with E-state index in [1.165, 1.54) is 30.3 Å². The van der Waals surface area contributed by atoms with Crippen molar-refractivity contribution in [3.8, 4) is 11.5 Å². The summed E-state index contributed by atoms with van der Waals surface area (Å²) in [5.74, 6) is -2.30. The fraction of sp³-hybridized carbons (Fsp3) is 0.394. The van der Waals surface area contributed by atoms with Crippen LogP contribution in [0.25, 0.3) is 0 Å². The summed E-state index contributed by atoms with van der Waals surface area (Å²) in [7, 11) is -10.3. The number of carbonyl (C=O) groups is 2. The Hall–Kier alpha value is -4.34. The number of nitrogen functional groups attached to an aromatic ring is 2. The van der Waals surface area contributed by atoms with Crippen LogP contribution in [0.3, 0.4) is 0 Å². The van der Waals surface area contributed by atoms with E-state index in [2.05, 4.69) is 0 Å². The topological polar surface area (TPSA) is 254 Å². The predicted molar refractivity (Wildman–Crippen MR) is 183 cm³/mol. The van der Waals surface area contributed by atoms with Crippen LogP contribution in [0.5, 0.6) is 11.5 Å². The van der Waals surface area contributed by atoms with E-state index in [-0.39, 0.29) is 80.9 Å². The molecule has 52 heavy (non-hydrogen) atoms. The highest BCUT2D eigenvalue weighted by Crippen LogP contribution is 2.60. The number of hydrogen-bond donors (Lipinski definition) is 4. The first-order valence-corrected chi connectivity index (χ1v) is 18.8. The van der Waals surface area contributed by atoms with Crippen LogP contribution in [0.2, 0.25) is 0 Å². The molecule has 0 saturated carbocycles. The zero-order chi connectivity index (χ0) is 38.1. The number of amides is 1. The van der Waals surface area contributed by atoms with Gasteiger partial charge >= 0.3 is 5.97 Å². The van der Waals surface area contributed by atoms with Crippen molar-refractivity contribution in [2.75, 3.05) is 57.7 Å². The Labute approximate surface area is 300 Å². The number of nitrogens with zero attached hydrogens (tertiary/aromatic N) is 1. The first kappa shape index (κ1) is 38.9. The van der Waals surface area contributed by atoms with E-state index in [9.17, 15) is 35.5 Å². The zero-order valence-electron chi connectivity index (χ0n) is 28.5. The van der Waals surface area contributed by atoms with Crippen molar-refractivity contribution in [3.05, 3.63) is 70.8 Å². The zero-order valence-corrected chi connectivity index (χ0v) is 30.1. The van der Waals surface area contributed by atoms with Crippen LogP contribution in [0.4, 0.5) is 11.4 Å². The highest BCUT2D eigenvalue weighted by Gasteiger charge is 2.59. The molecule has 19 heteroatoms. The number of esters is 1. The average molecular weight is 766 g/mol. The highest BCUT2D eigenvalue weighted by molar-refractivity contribution is 7.86. The molecule has 1 spiro atoms. The summed E-state index contributed by atoms with van der Waals surface area (Å²) in [6.07, 6.45) is 0.113. The minimum Gasteiger partial charge on any atom is -0.460 e. The van der Waals surface area contributed by atoms with Crippen LogP contribution in [0.15, 0.2) is 58.3 Å². The van der Waals surface area contributed by atoms with E-state index in [0.717, 1.165) is 5.06 Å². The van der Waals surface area contributed by atoms with E-state index < -0.39 is 69.9 Å². The van der Waals surface area contributed by atoms with E-state index in [4.69, 9.17) is 40.0 Å². The number of rotatable bonds is 15. The molecule has 0 fully saturated rings. The highest BCUT2D eigenvalue weighted by atomic mass is 32.2. The Morgan fingerprint density at radius 1 is 0.750 bits per heavy atom. The molecule has 17 nitrogen and oxygen atoms in total. The average Bonchev–Trinajstić information content (AvgIpc) is 3.27. The van der Waals surface area contributed by atoms with Gasteiger partial charge < -0.3 is 35.2 Å². The van der Waals surface area contributed by atoms with E-state index >= 15 is 0 Å². The summed E-state index contributed by atoms with van der Waals surface area (Å²) < 4.78 is 98.7. The Bertz CT molecular complexity index is 1990. The first-order valence-electron chi connectivity index (χ1n) is 15.9. The van der Waals surface area contributed by atoms with Crippen molar-refractivity contribution < 1.29 is 64.1 Å². The van der Waals surface area contributed by atoms with Crippen molar-refractivity contribution in [2.45, 2.75) is 48.1 Å². The number of benzene rings is 3. The van der Waals surface area contributed by atoms with Crippen molar-refractivity contribution >= 4 is 43.5 Å². The summed E-state index contributed by atoms with van der Waals surface area (Å²) >= 11 is 0. The summed E-state index contributed by atoms with van der Waals surface area (Å²) in [4.78, 5) is 30.1. The number of ether oxygens (including phenoxy) is 5. The molecule has 2 aliphatic rings. The summed E-state index contributed by atoms with van der Waals surface area (Å²) in [5, 5.41) is 0.931. The molecule has 6 N–H and O–H groups in total. The van der Waals surface area contributed by atoms with Gasteiger partial charge in [0, 0.05) is 22.3 Å². The molecule has 0 radical (unpaired) electrons. The molecule has 2 heterocycles. The minimum atomic E-state index is -5.13. The van der Waals surface area contributed by atoms with Gasteiger partial charge in [-0.1, -0.05) is 18.2 Å². The maximum atomic E-state index is 14.1. The van der Waals surface area contributed by atoms with Crippen molar-refractivity contribution in [1.29, 1.82) is 0 Å². The second-order valence-corrected chi connectivity index (χ2v) is 15.4. The molecular formula is C33H39N3O14S2. The van der Waals surface area contributed by atoms with Gasteiger partial charge in [0.05, 0.1) is 64.0 Å². The first-order chi connectivity index (χ1) is 24.4. The molecule has 3 aromatic carbocycles. The van der Waals surface area contributed by atoms with Crippen LogP contribution < -0.4 is 16.2 Å². The number of anilines is 2. The van der Waals surface area contributed by atoms with Crippen LogP contribution in [-0.4, -0.2) is 94.7 Å². The second-order valence-electron chi connectivity index (χ2n) is 12.6. The lowest BCUT2D eigenvalue weighted by Gasteiger charge is -2.43. The third kappa shape index (κ3) is 7.71. The SMILES string of the molecule is CC(C)(C)OC(=O)CCOCCOCCOCCON1C(=O)c2ccccc2C12c1ccc(N)c(S(=O)(=O)O)c1Oc1c2ccc(N)c1S(=O)(=O)O. The number of hydroxylamine groups is 2.